The van der Waals surface area contributed by atoms with Crippen molar-refractivity contribution in [3.05, 3.63) is 34.2 Å². The molecule has 1 amide bonds. The van der Waals surface area contributed by atoms with Gasteiger partial charge in [0, 0.05) is 10.7 Å². The Morgan fingerprint density at radius 3 is 2.82 bits per heavy atom. The Labute approximate surface area is 106 Å². The molecule has 2 heterocycles. The number of hydrogen-bond donors (Lipinski definition) is 3. The van der Waals surface area contributed by atoms with Gasteiger partial charge in [0.25, 0.3) is 5.91 Å². The molecular formula is C10H10BrN5O. The zero-order valence-electron chi connectivity index (χ0n) is 8.99. The van der Waals surface area contributed by atoms with Crippen molar-refractivity contribution in [3.63, 3.8) is 0 Å². The second-order valence-electron chi connectivity index (χ2n) is 3.43. The third kappa shape index (κ3) is 2.44. The van der Waals surface area contributed by atoms with Crippen LogP contribution in [0, 0.1) is 6.92 Å². The molecule has 0 atom stereocenters. The van der Waals surface area contributed by atoms with E-state index in [4.69, 9.17) is 5.73 Å². The molecule has 7 heteroatoms. The number of carbonyl (C=O) groups is 1. The number of aromatic nitrogens is 3. The fourth-order valence-corrected chi connectivity index (χ4v) is 1.45. The number of anilines is 2. The average molecular weight is 296 g/mol. The van der Waals surface area contributed by atoms with Crippen LogP contribution in [0.5, 0.6) is 0 Å². The van der Waals surface area contributed by atoms with E-state index in [1.807, 2.05) is 0 Å². The van der Waals surface area contributed by atoms with Crippen molar-refractivity contribution in [2.24, 2.45) is 0 Å². The number of nitrogens with zero attached hydrogens (tertiary/aromatic N) is 2. The SMILES string of the molecule is Cc1[nH]nc(NC(=O)c2ccc(Br)cn2)c1N. The van der Waals surface area contributed by atoms with Crippen LogP contribution < -0.4 is 11.1 Å². The lowest BCUT2D eigenvalue weighted by Gasteiger charge is -2.02. The van der Waals surface area contributed by atoms with Crippen LogP contribution in [-0.2, 0) is 0 Å². The van der Waals surface area contributed by atoms with E-state index < -0.39 is 0 Å². The van der Waals surface area contributed by atoms with Gasteiger partial charge < -0.3 is 11.1 Å². The molecule has 6 nitrogen and oxygen atoms in total. The zero-order valence-corrected chi connectivity index (χ0v) is 10.6. The monoisotopic (exact) mass is 295 g/mol. The number of nitrogens with two attached hydrogens (primary N) is 1. The summed E-state index contributed by atoms with van der Waals surface area (Å²) in [5.74, 6) is -0.0343. The highest BCUT2D eigenvalue weighted by atomic mass is 79.9. The van der Waals surface area contributed by atoms with Gasteiger partial charge in [-0.3, -0.25) is 9.89 Å². The Bertz CT molecular complexity index is 548. The molecule has 0 bridgehead atoms. The van der Waals surface area contributed by atoms with E-state index in [1.54, 1.807) is 25.3 Å². The first-order valence-corrected chi connectivity index (χ1v) is 5.60. The summed E-state index contributed by atoms with van der Waals surface area (Å²) in [6, 6.07) is 3.34. The molecule has 0 spiro atoms. The molecule has 88 valence electrons. The molecule has 0 aliphatic heterocycles. The number of nitrogen functional groups attached to an aromatic ring is 1. The molecule has 4 N–H and O–H groups in total. The van der Waals surface area contributed by atoms with Gasteiger partial charge in [-0.15, -0.1) is 0 Å². The predicted octanol–water partition coefficient (Wildman–Crippen LogP) is 1.71. The Morgan fingerprint density at radius 2 is 2.29 bits per heavy atom. The quantitative estimate of drug-likeness (QED) is 0.786. The number of halogens is 1. The van der Waals surface area contributed by atoms with Crippen LogP contribution in [0.1, 0.15) is 16.2 Å². The molecule has 0 fully saturated rings. The Kier molecular flexibility index (Phi) is 3.10. The van der Waals surface area contributed by atoms with Gasteiger partial charge in [-0.25, -0.2) is 4.98 Å². The second-order valence-corrected chi connectivity index (χ2v) is 4.34. The Hall–Kier alpha value is -1.89. The maximum atomic E-state index is 11.8. The molecule has 0 aromatic carbocycles. The van der Waals surface area contributed by atoms with Crippen LogP contribution in [0.25, 0.3) is 0 Å². The van der Waals surface area contributed by atoms with Crippen molar-refractivity contribution in [3.8, 4) is 0 Å². The summed E-state index contributed by atoms with van der Waals surface area (Å²) < 4.78 is 0.809. The first-order chi connectivity index (χ1) is 8.08. The van der Waals surface area contributed by atoms with Crippen molar-refractivity contribution in [1.29, 1.82) is 0 Å². The predicted molar refractivity (Wildman–Crippen MR) is 67.6 cm³/mol. The maximum absolute atomic E-state index is 11.8. The molecule has 2 aromatic heterocycles. The molecule has 0 saturated heterocycles. The van der Waals surface area contributed by atoms with E-state index in [-0.39, 0.29) is 5.91 Å². The van der Waals surface area contributed by atoms with Crippen molar-refractivity contribution in [2.75, 3.05) is 11.1 Å². The number of amides is 1. The number of nitrogens with one attached hydrogen (secondary N) is 2. The standard InChI is InChI=1S/C10H10BrN5O/c1-5-8(12)9(16-15-5)14-10(17)7-3-2-6(11)4-13-7/h2-4H,12H2,1H3,(H2,14,15,16,17). The summed E-state index contributed by atoms with van der Waals surface area (Å²) in [7, 11) is 0. The Balaban J connectivity index is 2.17. The average Bonchev–Trinajstić information content (AvgIpc) is 2.62. The summed E-state index contributed by atoms with van der Waals surface area (Å²) in [6.45, 7) is 1.77. The van der Waals surface area contributed by atoms with Crippen LogP contribution in [0.15, 0.2) is 22.8 Å². The van der Waals surface area contributed by atoms with E-state index in [9.17, 15) is 4.79 Å². The lowest BCUT2D eigenvalue weighted by molar-refractivity contribution is 0.102. The molecule has 0 aliphatic rings. The minimum Gasteiger partial charge on any atom is -0.394 e. The highest BCUT2D eigenvalue weighted by molar-refractivity contribution is 9.10. The molecule has 2 rings (SSSR count). The lowest BCUT2D eigenvalue weighted by atomic mass is 10.3. The highest BCUT2D eigenvalue weighted by Crippen LogP contribution is 2.18. The number of aromatic amines is 1. The van der Waals surface area contributed by atoms with Crippen LogP contribution >= 0.6 is 15.9 Å². The molecule has 0 unspecified atom stereocenters. The molecular weight excluding hydrogens is 286 g/mol. The minimum absolute atomic E-state index is 0.299. The number of rotatable bonds is 2. The molecule has 2 aromatic rings. The third-order valence-electron chi connectivity index (χ3n) is 2.19. The van der Waals surface area contributed by atoms with Gasteiger partial charge in [-0.1, -0.05) is 0 Å². The zero-order chi connectivity index (χ0) is 12.4. The van der Waals surface area contributed by atoms with Gasteiger partial charge in [0.1, 0.15) is 5.69 Å². The number of carbonyl (C=O) groups excluding carboxylic acids is 1. The van der Waals surface area contributed by atoms with E-state index in [2.05, 4.69) is 36.4 Å². The minimum atomic E-state index is -0.351. The summed E-state index contributed by atoms with van der Waals surface area (Å²) >= 11 is 3.24. The summed E-state index contributed by atoms with van der Waals surface area (Å²) in [5.41, 5.74) is 7.15. The van der Waals surface area contributed by atoms with Crippen LogP contribution in [0.3, 0.4) is 0 Å². The summed E-state index contributed by atoms with van der Waals surface area (Å²) in [4.78, 5) is 15.8. The fourth-order valence-electron chi connectivity index (χ4n) is 1.21. The topological polar surface area (TPSA) is 96.7 Å². The second kappa shape index (κ2) is 4.54. The molecule has 17 heavy (non-hydrogen) atoms. The lowest BCUT2D eigenvalue weighted by Crippen LogP contribution is -2.14. The van der Waals surface area contributed by atoms with Crippen LogP contribution in [0.2, 0.25) is 0 Å². The van der Waals surface area contributed by atoms with Crippen molar-refractivity contribution in [1.82, 2.24) is 15.2 Å². The van der Waals surface area contributed by atoms with Crippen molar-refractivity contribution >= 4 is 33.3 Å². The van der Waals surface area contributed by atoms with Gasteiger partial charge in [0.15, 0.2) is 5.82 Å². The summed E-state index contributed by atoms with van der Waals surface area (Å²) in [5, 5.41) is 9.15. The van der Waals surface area contributed by atoms with Crippen LogP contribution in [-0.4, -0.2) is 21.1 Å². The highest BCUT2D eigenvalue weighted by Gasteiger charge is 2.12. The van der Waals surface area contributed by atoms with Crippen LogP contribution in [0.4, 0.5) is 11.5 Å². The molecule has 0 radical (unpaired) electrons. The third-order valence-corrected chi connectivity index (χ3v) is 2.66. The van der Waals surface area contributed by atoms with E-state index in [0.717, 1.165) is 4.47 Å². The Morgan fingerprint density at radius 1 is 1.53 bits per heavy atom. The van der Waals surface area contributed by atoms with Gasteiger partial charge >= 0.3 is 0 Å². The van der Waals surface area contributed by atoms with E-state index >= 15 is 0 Å². The smallest absolute Gasteiger partial charge is 0.275 e. The van der Waals surface area contributed by atoms with Gasteiger partial charge in [0.05, 0.1) is 11.4 Å². The van der Waals surface area contributed by atoms with Crippen molar-refractivity contribution in [2.45, 2.75) is 6.92 Å². The molecule has 0 aliphatic carbocycles. The van der Waals surface area contributed by atoms with Gasteiger partial charge in [-0.05, 0) is 35.0 Å². The first kappa shape index (κ1) is 11.6. The number of hydrogen-bond acceptors (Lipinski definition) is 4. The van der Waals surface area contributed by atoms with Gasteiger partial charge in [0.2, 0.25) is 0 Å². The number of pyridine rings is 1. The number of H-pyrrole nitrogens is 1. The largest absolute Gasteiger partial charge is 0.394 e. The van der Waals surface area contributed by atoms with E-state index in [0.29, 0.717) is 22.9 Å². The maximum Gasteiger partial charge on any atom is 0.275 e. The van der Waals surface area contributed by atoms with E-state index in [1.165, 1.54) is 0 Å². The fraction of sp³-hybridized carbons (Fsp3) is 0.100. The summed E-state index contributed by atoms with van der Waals surface area (Å²) in [6.07, 6.45) is 1.55. The normalized spacial score (nSPS) is 10.2. The molecule has 0 saturated carbocycles. The van der Waals surface area contributed by atoms with Gasteiger partial charge in [-0.2, -0.15) is 5.10 Å². The first-order valence-electron chi connectivity index (χ1n) is 4.81. The number of aryl methyl sites for hydroxylation is 1. The van der Waals surface area contributed by atoms with Crippen molar-refractivity contribution < 1.29 is 4.79 Å².